The highest BCUT2D eigenvalue weighted by atomic mass is 35.5. The Kier molecular flexibility index (Phi) is 3.96. The van der Waals surface area contributed by atoms with E-state index in [1.54, 1.807) is 18.2 Å². The maximum absolute atomic E-state index is 14.6. The van der Waals surface area contributed by atoms with Gasteiger partial charge in [-0.2, -0.15) is 0 Å². The van der Waals surface area contributed by atoms with Gasteiger partial charge in [-0.3, -0.25) is 0 Å². The molecule has 1 aliphatic carbocycles. The highest BCUT2D eigenvalue weighted by molar-refractivity contribution is 6.36. The second-order valence-electron chi connectivity index (χ2n) is 4.87. The van der Waals surface area contributed by atoms with Crippen molar-refractivity contribution >= 4 is 23.2 Å². The Balaban J connectivity index is 2.15. The average Bonchev–Trinajstić information content (AvgIpc) is 2.29. The molecule has 17 heavy (non-hydrogen) atoms. The first-order valence-electron chi connectivity index (χ1n) is 5.88. The van der Waals surface area contributed by atoms with Crippen LogP contribution in [0.3, 0.4) is 0 Å². The number of nitrogens with two attached hydrogens (primary N) is 1. The second kappa shape index (κ2) is 5.13. The number of benzene rings is 1. The van der Waals surface area contributed by atoms with E-state index in [9.17, 15) is 4.39 Å². The lowest BCUT2D eigenvalue weighted by Crippen LogP contribution is -2.37. The molecule has 1 nitrogen and oxygen atoms in total. The van der Waals surface area contributed by atoms with Crippen molar-refractivity contribution in [1.29, 1.82) is 0 Å². The molecule has 0 saturated heterocycles. The molecule has 1 saturated carbocycles. The first-order chi connectivity index (χ1) is 8.00. The van der Waals surface area contributed by atoms with Crippen LogP contribution >= 0.6 is 23.2 Å². The zero-order valence-electron chi connectivity index (χ0n) is 9.56. The molecular formula is C13H16Cl2FN. The van der Waals surface area contributed by atoms with E-state index in [1.807, 2.05) is 0 Å². The summed E-state index contributed by atoms with van der Waals surface area (Å²) in [6.45, 7) is 0. The van der Waals surface area contributed by atoms with E-state index < -0.39 is 5.67 Å². The molecule has 0 atom stereocenters. The summed E-state index contributed by atoms with van der Waals surface area (Å²) in [6.07, 6.45) is 2.75. The van der Waals surface area contributed by atoms with Crippen LogP contribution in [-0.2, 0) is 6.42 Å². The molecule has 2 N–H and O–H groups in total. The molecule has 2 rings (SSSR count). The Labute approximate surface area is 111 Å². The molecule has 1 aliphatic rings. The van der Waals surface area contributed by atoms with Crippen molar-refractivity contribution in [2.45, 2.75) is 43.8 Å². The SMILES string of the molecule is NC1CCC(F)(Cc2c(Cl)cccc2Cl)CC1. The van der Waals surface area contributed by atoms with Crippen LogP contribution in [-0.4, -0.2) is 11.7 Å². The van der Waals surface area contributed by atoms with Gasteiger partial charge in [0, 0.05) is 22.5 Å². The molecule has 0 heterocycles. The van der Waals surface area contributed by atoms with Gasteiger partial charge in [-0.1, -0.05) is 29.3 Å². The van der Waals surface area contributed by atoms with Gasteiger partial charge in [-0.25, -0.2) is 4.39 Å². The first kappa shape index (κ1) is 13.1. The molecule has 0 aliphatic heterocycles. The minimum atomic E-state index is -1.20. The summed E-state index contributed by atoms with van der Waals surface area (Å²) < 4.78 is 14.6. The van der Waals surface area contributed by atoms with Gasteiger partial charge in [0.2, 0.25) is 0 Å². The van der Waals surface area contributed by atoms with Gasteiger partial charge in [0.1, 0.15) is 5.67 Å². The molecule has 0 radical (unpaired) electrons. The van der Waals surface area contributed by atoms with Gasteiger partial charge in [0.15, 0.2) is 0 Å². The van der Waals surface area contributed by atoms with E-state index in [1.165, 1.54) is 0 Å². The Morgan fingerprint density at radius 1 is 1.24 bits per heavy atom. The Morgan fingerprint density at radius 2 is 1.76 bits per heavy atom. The lowest BCUT2D eigenvalue weighted by Gasteiger charge is -2.33. The van der Waals surface area contributed by atoms with Crippen LogP contribution in [0.5, 0.6) is 0 Å². The van der Waals surface area contributed by atoms with Gasteiger partial charge >= 0.3 is 0 Å². The number of rotatable bonds is 2. The summed E-state index contributed by atoms with van der Waals surface area (Å²) in [6, 6.07) is 5.41. The zero-order chi connectivity index (χ0) is 12.5. The number of halogens is 3. The predicted octanol–water partition coefficient (Wildman–Crippen LogP) is 4.15. The summed E-state index contributed by atoms with van der Waals surface area (Å²) >= 11 is 12.1. The molecule has 0 spiro atoms. The van der Waals surface area contributed by atoms with Crippen LogP contribution in [0.25, 0.3) is 0 Å². The fourth-order valence-corrected chi connectivity index (χ4v) is 2.88. The van der Waals surface area contributed by atoms with E-state index in [0.717, 1.165) is 12.8 Å². The van der Waals surface area contributed by atoms with Crippen molar-refractivity contribution in [1.82, 2.24) is 0 Å². The van der Waals surface area contributed by atoms with Crippen LogP contribution in [0.15, 0.2) is 18.2 Å². The lowest BCUT2D eigenvalue weighted by atomic mass is 9.80. The monoisotopic (exact) mass is 275 g/mol. The maximum Gasteiger partial charge on any atom is 0.115 e. The molecule has 0 aromatic heterocycles. The molecular weight excluding hydrogens is 260 g/mol. The summed E-state index contributed by atoms with van der Waals surface area (Å²) in [5.41, 5.74) is 5.30. The average molecular weight is 276 g/mol. The largest absolute Gasteiger partial charge is 0.328 e. The smallest absolute Gasteiger partial charge is 0.115 e. The minimum Gasteiger partial charge on any atom is -0.328 e. The Hall–Kier alpha value is -0.310. The fourth-order valence-electron chi connectivity index (χ4n) is 2.35. The van der Waals surface area contributed by atoms with Crippen LogP contribution < -0.4 is 5.73 Å². The van der Waals surface area contributed by atoms with Gasteiger partial charge in [-0.15, -0.1) is 0 Å². The van der Waals surface area contributed by atoms with Crippen LogP contribution in [0, 0.1) is 0 Å². The molecule has 0 amide bonds. The van der Waals surface area contributed by atoms with Crippen molar-refractivity contribution < 1.29 is 4.39 Å². The van der Waals surface area contributed by atoms with Crippen molar-refractivity contribution in [2.75, 3.05) is 0 Å². The zero-order valence-corrected chi connectivity index (χ0v) is 11.1. The maximum atomic E-state index is 14.6. The van der Waals surface area contributed by atoms with Gasteiger partial charge in [-0.05, 0) is 43.4 Å². The Morgan fingerprint density at radius 3 is 2.29 bits per heavy atom. The van der Waals surface area contributed by atoms with E-state index in [0.29, 0.717) is 28.5 Å². The van der Waals surface area contributed by atoms with E-state index in [-0.39, 0.29) is 12.5 Å². The molecule has 4 heteroatoms. The lowest BCUT2D eigenvalue weighted by molar-refractivity contribution is 0.0995. The topological polar surface area (TPSA) is 26.0 Å². The van der Waals surface area contributed by atoms with E-state index in [2.05, 4.69) is 0 Å². The normalized spacial score (nSPS) is 29.3. The molecule has 0 unspecified atom stereocenters. The van der Waals surface area contributed by atoms with Crippen LogP contribution in [0.1, 0.15) is 31.2 Å². The van der Waals surface area contributed by atoms with Gasteiger partial charge < -0.3 is 5.73 Å². The fraction of sp³-hybridized carbons (Fsp3) is 0.538. The summed E-state index contributed by atoms with van der Waals surface area (Å²) in [4.78, 5) is 0. The Bertz CT molecular complexity index is 380. The van der Waals surface area contributed by atoms with Crippen molar-refractivity contribution in [3.05, 3.63) is 33.8 Å². The van der Waals surface area contributed by atoms with Crippen molar-refractivity contribution in [3.63, 3.8) is 0 Å². The third kappa shape index (κ3) is 3.12. The molecule has 0 bridgehead atoms. The van der Waals surface area contributed by atoms with Crippen molar-refractivity contribution in [2.24, 2.45) is 5.73 Å². The molecule has 1 aromatic carbocycles. The second-order valence-corrected chi connectivity index (χ2v) is 5.68. The number of alkyl halides is 1. The third-order valence-corrected chi connectivity index (χ3v) is 4.19. The van der Waals surface area contributed by atoms with Gasteiger partial charge in [0.25, 0.3) is 0 Å². The standard InChI is InChI=1S/C13H16Cl2FN/c14-11-2-1-3-12(15)10(11)8-13(16)6-4-9(17)5-7-13/h1-3,9H,4-8,17H2. The molecule has 1 aromatic rings. The van der Waals surface area contributed by atoms with Gasteiger partial charge in [0.05, 0.1) is 0 Å². The molecule has 1 fully saturated rings. The summed E-state index contributed by atoms with van der Waals surface area (Å²) in [5, 5.41) is 1.09. The minimum absolute atomic E-state index is 0.139. The summed E-state index contributed by atoms with van der Waals surface area (Å²) in [7, 11) is 0. The molecule has 94 valence electrons. The number of hydrogen-bond acceptors (Lipinski definition) is 1. The number of hydrogen-bond donors (Lipinski definition) is 1. The van der Waals surface area contributed by atoms with Crippen LogP contribution in [0.2, 0.25) is 10.0 Å². The third-order valence-electron chi connectivity index (χ3n) is 3.48. The summed E-state index contributed by atoms with van der Waals surface area (Å²) in [5.74, 6) is 0. The van der Waals surface area contributed by atoms with Crippen molar-refractivity contribution in [3.8, 4) is 0 Å². The highest BCUT2D eigenvalue weighted by Crippen LogP contribution is 2.37. The predicted molar refractivity (Wildman–Crippen MR) is 70.4 cm³/mol. The van der Waals surface area contributed by atoms with Crippen LogP contribution in [0.4, 0.5) is 4.39 Å². The van der Waals surface area contributed by atoms with E-state index in [4.69, 9.17) is 28.9 Å². The first-order valence-corrected chi connectivity index (χ1v) is 6.63. The van der Waals surface area contributed by atoms with E-state index >= 15 is 0 Å². The quantitative estimate of drug-likeness (QED) is 0.863. The highest BCUT2D eigenvalue weighted by Gasteiger charge is 2.35.